The van der Waals surface area contributed by atoms with Gasteiger partial charge >= 0.3 is 0 Å². The van der Waals surface area contributed by atoms with E-state index in [1.54, 1.807) is 0 Å². The van der Waals surface area contributed by atoms with Gasteiger partial charge in [0.05, 0.1) is 5.60 Å². The molecule has 132 valence electrons. The average molecular weight is 319 g/mol. The lowest BCUT2D eigenvalue weighted by Gasteiger charge is -2.61. The zero-order chi connectivity index (χ0) is 16.3. The molecular weight excluding hydrogens is 280 g/mol. The van der Waals surface area contributed by atoms with Crippen LogP contribution in [0.3, 0.4) is 0 Å². The van der Waals surface area contributed by atoms with Crippen LogP contribution in [0, 0.1) is 34.5 Å². The molecule has 0 radical (unpaired) electrons. The Labute approximate surface area is 143 Å². The number of aliphatic hydroxyl groups is 1. The van der Waals surface area contributed by atoms with E-state index < -0.39 is 0 Å². The van der Waals surface area contributed by atoms with Crippen LogP contribution in [0.1, 0.15) is 97.8 Å². The topological polar surface area (TPSA) is 20.2 Å². The first kappa shape index (κ1) is 16.4. The minimum Gasteiger partial charge on any atom is -0.389 e. The Kier molecular flexibility index (Phi) is 3.91. The van der Waals surface area contributed by atoms with E-state index in [0.717, 1.165) is 42.9 Å². The first-order valence-corrected chi connectivity index (χ1v) is 10.7. The zero-order valence-electron chi connectivity index (χ0n) is 15.7. The van der Waals surface area contributed by atoms with Crippen molar-refractivity contribution in [2.75, 3.05) is 0 Å². The maximum absolute atomic E-state index is 11.4. The van der Waals surface area contributed by atoms with Crippen molar-refractivity contribution in [3.63, 3.8) is 0 Å². The van der Waals surface area contributed by atoms with Gasteiger partial charge in [0.2, 0.25) is 0 Å². The molecule has 0 saturated heterocycles. The molecule has 0 amide bonds. The average Bonchev–Trinajstić information content (AvgIpc) is 2.79. The van der Waals surface area contributed by atoms with Crippen LogP contribution in [0.15, 0.2) is 0 Å². The second kappa shape index (κ2) is 5.48. The van der Waals surface area contributed by atoms with Crippen LogP contribution in [0.2, 0.25) is 0 Å². The molecule has 1 nitrogen and oxygen atoms in total. The molecule has 0 spiro atoms. The Balaban J connectivity index is 1.63. The van der Waals surface area contributed by atoms with Crippen molar-refractivity contribution in [1.82, 2.24) is 0 Å². The summed E-state index contributed by atoms with van der Waals surface area (Å²) in [7, 11) is 0. The number of hydrogen-bond acceptors (Lipinski definition) is 1. The van der Waals surface area contributed by atoms with Gasteiger partial charge in [-0.3, -0.25) is 0 Å². The van der Waals surface area contributed by atoms with Crippen molar-refractivity contribution in [2.24, 2.45) is 34.5 Å². The van der Waals surface area contributed by atoms with Gasteiger partial charge in [-0.1, -0.05) is 40.0 Å². The van der Waals surface area contributed by atoms with E-state index in [1.165, 1.54) is 57.8 Å². The molecule has 0 aliphatic heterocycles. The Morgan fingerprint density at radius 3 is 2.43 bits per heavy atom. The highest BCUT2D eigenvalue weighted by Crippen LogP contribution is 2.68. The van der Waals surface area contributed by atoms with Gasteiger partial charge in [-0.05, 0) is 92.3 Å². The smallest absolute Gasteiger partial charge is 0.0703 e. The summed E-state index contributed by atoms with van der Waals surface area (Å²) in [6, 6.07) is 0. The Morgan fingerprint density at radius 1 is 0.870 bits per heavy atom. The molecule has 0 aromatic heterocycles. The van der Waals surface area contributed by atoms with Crippen LogP contribution < -0.4 is 0 Å². The molecule has 1 heteroatoms. The summed E-state index contributed by atoms with van der Waals surface area (Å²) in [5.74, 6) is 3.69. The number of rotatable bonds is 2. The highest BCUT2D eigenvalue weighted by atomic mass is 16.3. The zero-order valence-corrected chi connectivity index (χ0v) is 15.7. The van der Waals surface area contributed by atoms with E-state index in [-0.39, 0.29) is 11.0 Å². The van der Waals surface area contributed by atoms with Gasteiger partial charge in [-0.15, -0.1) is 0 Å². The monoisotopic (exact) mass is 318 g/mol. The van der Waals surface area contributed by atoms with Crippen LogP contribution in [0.25, 0.3) is 0 Å². The normalized spacial score (nSPS) is 55.8. The molecule has 0 aromatic carbocycles. The Hall–Kier alpha value is -0.0400. The highest BCUT2D eigenvalue weighted by molar-refractivity contribution is 5.13. The van der Waals surface area contributed by atoms with E-state index in [4.69, 9.17) is 0 Å². The molecule has 0 aromatic rings. The van der Waals surface area contributed by atoms with Crippen LogP contribution in [0.4, 0.5) is 0 Å². The molecule has 7 atom stereocenters. The molecular formula is C22H38O. The summed E-state index contributed by atoms with van der Waals surface area (Å²) in [4.78, 5) is 0. The lowest BCUT2D eigenvalue weighted by atomic mass is 9.44. The minimum atomic E-state index is -0.359. The number of hydrogen-bond donors (Lipinski definition) is 1. The van der Waals surface area contributed by atoms with Crippen molar-refractivity contribution in [3.8, 4) is 0 Å². The van der Waals surface area contributed by atoms with Gasteiger partial charge in [0.1, 0.15) is 0 Å². The fourth-order valence-corrected chi connectivity index (χ4v) is 8.23. The lowest BCUT2D eigenvalue weighted by molar-refractivity contribution is -0.153. The molecule has 1 N–H and O–H groups in total. The summed E-state index contributed by atoms with van der Waals surface area (Å²) in [6.45, 7) is 7.36. The summed E-state index contributed by atoms with van der Waals surface area (Å²) < 4.78 is 0. The lowest BCUT2D eigenvalue weighted by Crippen LogP contribution is -2.56. The van der Waals surface area contributed by atoms with Crippen molar-refractivity contribution in [2.45, 2.75) is 103 Å². The van der Waals surface area contributed by atoms with Crippen molar-refractivity contribution >= 4 is 0 Å². The predicted octanol–water partition coefficient (Wildman–Crippen LogP) is 5.95. The van der Waals surface area contributed by atoms with Gasteiger partial charge in [0.25, 0.3) is 0 Å². The van der Waals surface area contributed by atoms with Crippen LogP contribution in [-0.2, 0) is 0 Å². The molecule has 23 heavy (non-hydrogen) atoms. The highest BCUT2D eigenvalue weighted by Gasteiger charge is 2.63. The molecule has 1 unspecified atom stereocenters. The quantitative estimate of drug-likeness (QED) is 0.667. The molecule has 4 aliphatic carbocycles. The summed E-state index contributed by atoms with van der Waals surface area (Å²) in [6.07, 6.45) is 16.1. The largest absolute Gasteiger partial charge is 0.389 e. The SMILES string of the molecule is CCC[C@@]1(O)CC[C@H]2[C@@H]3CCC4CCCC[C@]4(C)[C@H]3CC[C@@]21C. The van der Waals surface area contributed by atoms with Gasteiger partial charge < -0.3 is 5.11 Å². The fraction of sp³-hybridized carbons (Fsp3) is 1.00. The fourth-order valence-electron chi connectivity index (χ4n) is 8.23. The molecule has 0 bridgehead atoms. The summed E-state index contributed by atoms with van der Waals surface area (Å²) >= 11 is 0. The first-order chi connectivity index (χ1) is 10.9. The van der Waals surface area contributed by atoms with Crippen molar-refractivity contribution in [3.05, 3.63) is 0 Å². The maximum atomic E-state index is 11.4. The van der Waals surface area contributed by atoms with Gasteiger partial charge in [-0.2, -0.15) is 0 Å². The van der Waals surface area contributed by atoms with Gasteiger partial charge in [0, 0.05) is 0 Å². The van der Waals surface area contributed by atoms with Gasteiger partial charge in [-0.25, -0.2) is 0 Å². The second-order valence-electron chi connectivity index (χ2n) is 10.2. The summed E-state index contributed by atoms with van der Waals surface area (Å²) in [5, 5.41) is 11.4. The molecule has 4 rings (SSSR count). The van der Waals surface area contributed by atoms with Crippen molar-refractivity contribution in [1.29, 1.82) is 0 Å². The predicted molar refractivity (Wildman–Crippen MR) is 96.2 cm³/mol. The van der Waals surface area contributed by atoms with Crippen LogP contribution in [-0.4, -0.2) is 10.7 Å². The number of fused-ring (bicyclic) bond motifs is 5. The van der Waals surface area contributed by atoms with E-state index in [1.807, 2.05) is 0 Å². The third-order valence-electron chi connectivity index (χ3n) is 9.57. The first-order valence-electron chi connectivity index (χ1n) is 10.7. The Morgan fingerprint density at radius 2 is 1.65 bits per heavy atom. The van der Waals surface area contributed by atoms with E-state index >= 15 is 0 Å². The Bertz CT molecular complexity index is 459. The summed E-state index contributed by atoms with van der Waals surface area (Å²) in [5.41, 5.74) is 0.484. The van der Waals surface area contributed by atoms with E-state index in [9.17, 15) is 5.11 Å². The van der Waals surface area contributed by atoms with Gasteiger partial charge in [0.15, 0.2) is 0 Å². The maximum Gasteiger partial charge on any atom is 0.0703 e. The van der Waals surface area contributed by atoms with E-state index in [2.05, 4.69) is 20.8 Å². The third kappa shape index (κ3) is 2.14. The molecule has 4 fully saturated rings. The minimum absolute atomic E-state index is 0.210. The standard InChI is InChI=1S/C22H38O/c1-4-12-22(23)15-11-19-17-9-8-16-7-5-6-13-20(16,2)18(17)10-14-21(19,22)3/h16-19,23H,4-15H2,1-3H3/t16?,17-,18+,19+,20+,21+,22-/m1/s1. The molecule has 4 aliphatic rings. The third-order valence-corrected chi connectivity index (χ3v) is 9.57. The van der Waals surface area contributed by atoms with Crippen LogP contribution >= 0.6 is 0 Å². The van der Waals surface area contributed by atoms with E-state index in [0.29, 0.717) is 5.41 Å². The molecule has 4 saturated carbocycles. The second-order valence-corrected chi connectivity index (χ2v) is 10.2. The van der Waals surface area contributed by atoms with Crippen LogP contribution in [0.5, 0.6) is 0 Å². The molecule has 0 heterocycles. The van der Waals surface area contributed by atoms with Crippen molar-refractivity contribution < 1.29 is 5.11 Å².